The molecule has 0 fully saturated rings. The van der Waals surface area contributed by atoms with Crippen molar-refractivity contribution in [3.8, 4) is 6.07 Å². The second kappa shape index (κ2) is 9.58. The molecule has 1 amide bonds. The van der Waals surface area contributed by atoms with Gasteiger partial charge in [0.05, 0.1) is 28.1 Å². The van der Waals surface area contributed by atoms with Crippen LogP contribution in [0.5, 0.6) is 0 Å². The van der Waals surface area contributed by atoms with E-state index in [-0.39, 0.29) is 12.3 Å². The van der Waals surface area contributed by atoms with Crippen LogP contribution in [0.2, 0.25) is 10.0 Å². The molecule has 2 rings (SSSR count). The molecule has 0 saturated heterocycles. The number of hydrogen-bond acceptors (Lipinski definition) is 3. The lowest BCUT2D eigenvalue weighted by atomic mass is 10.1. The highest BCUT2D eigenvalue weighted by Gasteiger charge is 2.06. The minimum absolute atomic E-state index is 0.0496. The average molecular weight is 379 g/mol. The average Bonchev–Trinajstić information content (AvgIpc) is 2.58. The van der Waals surface area contributed by atoms with Gasteiger partial charge in [-0.05, 0) is 29.3 Å². The number of carbonyl (C=O) groups is 1. The number of rotatable bonds is 7. The molecule has 0 radical (unpaired) electrons. The molecule has 124 valence electrons. The van der Waals surface area contributed by atoms with E-state index in [1.165, 1.54) is 0 Å². The summed E-state index contributed by atoms with van der Waals surface area (Å²) < 4.78 is 0. The zero-order chi connectivity index (χ0) is 17.4. The number of nitrogens with zero attached hydrogens (tertiary/aromatic N) is 1. The normalized spacial score (nSPS) is 10.2. The van der Waals surface area contributed by atoms with Crippen molar-refractivity contribution in [1.29, 1.82) is 5.26 Å². The summed E-state index contributed by atoms with van der Waals surface area (Å²) in [7, 11) is 0. The first-order valence-corrected chi connectivity index (χ1v) is 9.27. The third-order valence-electron chi connectivity index (χ3n) is 3.31. The van der Waals surface area contributed by atoms with Gasteiger partial charge >= 0.3 is 0 Å². The lowest BCUT2D eigenvalue weighted by molar-refractivity contribution is -0.120. The summed E-state index contributed by atoms with van der Waals surface area (Å²) in [4.78, 5) is 11.9. The van der Waals surface area contributed by atoms with Crippen molar-refractivity contribution in [2.75, 3.05) is 12.3 Å². The van der Waals surface area contributed by atoms with Crippen molar-refractivity contribution in [1.82, 2.24) is 5.32 Å². The van der Waals surface area contributed by atoms with Gasteiger partial charge in [-0.2, -0.15) is 17.0 Å². The number of thioether (sulfide) groups is 1. The van der Waals surface area contributed by atoms with Gasteiger partial charge in [-0.1, -0.05) is 47.5 Å². The molecule has 0 aliphatic heterocycles. The zero-order valence-corrected chi connectivity index (χ0v) is 15.2. The number of amides is 1. The molecule has 2 aromatic carbocycles. The van der Waals surface area contributed by atoms with E-state index in [0.717, 1.165) is 22.6 Å². The van der Waals surface area contributed by atoms with Crippen LogP contribution in [0.3, 0.4) is 0 Å². The maximum atomic E-state index is 11.9. The van der Waals surface area contributed by atoms with Crippen LogP contribution in [-0.2, 0) is 17.0 Å². The number of halogens is 2. The molecule has 0 spiro atoms. The zero-order valence-electron chi connectivity index (χ0n) is 12.9. The Morgan fingerprint density at radius 2 is 1.96 bits per heavy atom. The van der Waals surface area contributed by atoms with Crippen LogP contribution < -0.4 is 5.32 Å². The maximum Gasteiger partial charge on any atom is 0.224 e. The van der Waals surface area contributed by atoms with Crippen LogP contribution in [0.15, 0.2) is 42.5 Å². The largest absolute Gasteiger partial charge is 0.355 e. The van der Waals surface area contributed by atoms with E-state index in [1.54, 1.807) is 30.0 Å². The molecular formula is C18H16Cl2N2OS. The van der Waals surface area contributed by atoms with Gasteiger partial charge in [0.1, 0.15) is 0 Å². The van der Waals surface area contributed by atoms with Crippen molar-refractivity contribution >= 4 is 40.9 Å². The van der Waals surface area contributed by atoms with E-state index in [2.05, 4.69) is 11.4 Å². The number of nitrogens with one attached hydrogen (secondary N) is 1. The second-order valence-corrected chi connectivity index (χ2v) is 7.02. The van der Waals surface area contributed by atoms with Crippen LogP contribution in [0, 0.1) is 11.3 Å². The predicted molar refractivity (Wildman–Crippen MR) is 100 cm³/mol. The molecule has 1 N–H and O–H groups in total. The third kappa shape index (κ3) is 5.76. The SMILES string of the molecule is N#Cc1ccccc1CSCCNC(=O)Cc1ccc(Cl)c(Cl)c1. The molecule has 0 saturated carbocycles. The highest BCUT2D eigenvalue weighted by Crippen LogP contribution is 2.22. The summed E-state index contributed by atoms with van der Waals surface area (Å²) >= 11 is 13.5. The molecule has 0 aromatic heterocycles. The van der Waals surface area contributed by atoms with E-state index in [1.807, 2.05) is 24.3 Å². The van der Waals surface area contributed by atoms with Gasteiger partial charge in [-0.3, -0.25) is 4.79 Å². The molecule has 6 heteroatoms. The second-order valence-electron chi connectivity index (χ2n) is 5.10. The van der Waals surface area contributed by atoms with Crippen LogP contribution >= 0.6 is 35.0 Å². The van der Waals surface area contributed by atoms with Crippen molar-refractivity contribution in [3.63, 3.8) is 0 Å². The van der Waals surface area contributed by atoms with Gasteiger partial charge in [0.2, 0.25) is 5.91 Å². The highest BCUT2D eigenvalue weighted by atomic mass is 35.5. The lowest BCUT2D eigenvalue weighted by Gasteiger charge is -2.07. The van der Waals surface area contributed by atoms with E-state index in [9.17, 15) is 4.79 Å². The van der Waals surface area contributed by atoms with Crippen molar-refractivity contribution in [2.45, 2.75) is 12.2 Å². The smallest absolute Gasteiger partial charge is 0.224 e. The Balaban J connectivity index is 1.69. The number of hydrogen-bond donors (Lipinski definition) is 1. The molecule has 24 heavy (non-hydrogen) atoms. The molecule has 0 aliphatic rings. The van der Waals surface area contributed by atoms with E-state index in [0.29, 0.717) is 22.2 Å². The first-order valence-electron chi connectivity index (χ1n) is 7.36. The fourth-order valence-electron chi connectivity index (χ4n) is 2.10. The minimum Gasteiger partial charge on any atom is -0.355 e. The monoisotopic (exact) mass is 378 g/mol. The summed E-state index contributed by atoms with van der Waals surface area (Å²) in [5.74, 6) is 1.49. The van der Waals surface area contributed by atoms with Gasteiger partial charge in [0.25, 0.3) is 0 Å². The van der Waals surface area contributed by atoms with Crippen molar-refractivity contribution in [2.24, 2.45) is 0 Å². The van der Waals surface area contributed by atoms with Gasteiger partial charge in [0, 0.05) is 18.1 Å². The Morgan fingerprint density at radius 3 is 2.71 bits per heavy atom. The molecule has 0 aliphatic carbocycles. The molecule has 3 nitrogen and oxygen atoms in total. The summed E-state index contributed by atoms with van der Waals surface area (Å²) in [5, 5.41) is 12.8. The standard InChI is InChI=1S/C18H16Cl2N2OS/c19-16-6-5-13(9-17(16)20)10-18(23)22-7-8-24-12-15-4-2-1-3-14(15)11-21/h1-6,9H,7-8,10,12H2,(H,22,23). The fraction of sp³-hybridized carbons (Fsp3) is 0.222. The van der Waals surface area contributed by atoms with Gasteiger partial charge < -0.3 is 5.32 Å². The molecule has 0 unspecified atom stereocenters. The summed E-state index contributed by atoms with van der Waals surface area (Å²) in [6, 6.07) is 14.9. The van der Waals surface area contributed by atoms with Crippen molar-refractivity contribution < 1.29 is 4.79 Å². The Labute approximate surface area is 156 Å². The van der Waals surface area contributed by atoms with E-state index < -0.39 is 0 Å². The Kier molecular flexibility index (Phi) is 7.45. The first kappa shape index (κ1) is 18.7. The number of nitriles is 1. The van der Waals surface area contributed by atoms with Crippen LogP contribution in [0.25, 0.3) is 0 Å². The van der Waals surface area contributed by atoms with Gasteiger partial charge in [-0.25, -0.2) is 0 Å². The molecular weight excluding hydrogens is 363 g/mol. The molecule has 2 aromatic rings. The topological polar surface area (TPSA) is 52.9 Å². The quantitative estimate of drug-likeness (QED) is 0.723. The van der Waals surface area contributed by atoms with E-state index >= 15 is 0 Å². The van der Waals surface area contributed by atoms with Gasteiger partial charge in [-0.15, -0.1) is 0 Å². The van der Waals surface area contributed by atoms with Crippen molar-refractivity contribution in [3.05, 3.63) is 69.2 Å². The van der Waals surface area contributed by atoms with Crippen LogP contribution in [0.4, 0.5) is 0 Å². The number of benzene rings is 2. The summed E-state index contributed by atoms with van der Waals surface area (Å²) in [6.45, 7) is 0.583. The Bertz CT molecular complexity index is 759. The summed E-state index contributed by atoms with van der Waals surface area (Å²) in [5.41, 5.74) is 2.55. The van der Waals surface area contributed by atoms with E-state index in [4.69, 9.17) is 28.5 Å². The lowest BCUT2D eigenvalue weighted by Crippen LogP contribution is -2.27. The first-order chi connectivity index (χ1) is 11.6. The van der Waals surface area contributed by atoms with Crippen LogP contribution in [-0.4, -0.2) is 18.2 Å². The van der Waals surface area contributed by atoms with Gasteiger partial charge in [0.15, 0.2) is 0 Å². The molecule has 0 atom stereocenters. The van der Waals surface area contributed by atoms with Crippen LogP contribution in [0.1, 0.15) is 16.7 Å². The Morgan fingerprint density at radius 1 is 1.17 bits per heavy atom. The minimum atomic E-state index is -0.0496. The highest BCUT2D eigenvalue weighted by molar-refractivity contribution is 7.98. The summed E-state index contributed by atoms with van der Waals surface area (Å²) in [6.07, 6.45) is 0.277. The predicted octanol–water partition coefficient (Wildman–Crippen LogP) is 4.46. The fourth-order valence-corrected chi connectivity index (χ4v) is 3.28. The Hall–Kier alpha value is -1.67. The maximum absolute atomic E-state index is 11.9. The molecule has 0 heterocycles. The number of carbonyl (C=O) groups excluding carboxylic acids is 1. The molecule has 0 bridgehead atoms. The third-order valence-corrected chi connectivity index (χ3v) is 5.06.